The van der Waals surface area contributed by atoms with Gasteiger partial charge in [-0.1, -0.05) is 17.7 Å². The van der Waals surface area contributed by atoms with E-state index in [1.165, 1.54) is 5.56 Å². The van der Waals surface area contributed by atoms with Gasteiger partial charge in [-0.05, 0) is 32.9 Å². The van der Waals surface area contributed by atoms with Gasteiger partial charge in [0.05, 0.1) is 0 Å². The second kappa shape index (κ2) is 4.87. The Morgan fingerprint density at radius 2 is 1.85 bits per heavy atom. The first-order valence-electron chi connectivity index (χ1n) is 4.57. The first kappa shape index (κ1) is 10.1. The van der Waals surface area contributed by atoms with E-state index in [-0.39, 0.29) is 6.29 Å². The van der Waals surface area contributed by atoms with Gasteiger partial charge in [0.25, 0.3) is 0 Å². The van der Waals surface area contributed by atoms with Gasteiger partial charge in [-0.25, -0.2) is 0 Å². The highest BCUT2D eigenvalue weighted by atomic mass is 16.7. The largest absolute Gasteiger partial charge is 0.465 e. The standard InChI is InChI=1S/C11H16O2/c1-4-12-10(3)13-11-7-5-9(2)6-8-11/h5-8,10H,4H2,1-3H3. The van der Waals surface area contributed by atoms with Crippen LogP contribution in [-0.2, 0) is 4.74 Å². The Morgan fingerprint density at radius 1 is 1.23 bits per heavy atom. The summed E-state index contributed by atoms with van der Waals surface area (Å²) in [6, 6.07) is 7.94. The molecule has 0 heterocycles. The molecule has 0 aliphatic rings. The minimum Gasteiger partial charge on any atom is -0.465 e. The molecule has 0 aliphatic heterocycles. The van der Waals surface area contributed by atoms with Gasteiger partial charge in [-0.2, -0.15) is 0 Å². The van der Waals surface area contributed by atoms with Crippen LogP contribution in [0.25, 0.3) is 0 Å². The highest BCUT2D eigenvalue weighted by Gasteiger charge is 2.01. The van der Waals surface area contributed by atoms with E-state index in [1.807, 2.05) is 38.1 Å². The number of benzene rings is 1. The zero-order chi connectivity index (χ0) is 9.68. The molecule has 72 valence electrons. The van der Waals surface area contributed by atoms with Gasteiger partial charge in [0.2, 0.25) is 0 Å². The highest BCUT2D eigenvalue weighted by molar-refractivity contribution is 5.26. The Labute approximate surface area is 79.5 Å². The van der Waals surface area contributed by atoms with E-state index in [4.69, 9.17) is 9.47 Å². The van der Waals surface area contributed by atoms with E-state index in [9.17, 15) is 0 Å². The van der Waals surface area contributed by atoms with E-state index in [0.717, 1.165) is 5.75 Å². The number of rotatable bonds is 4. The Kier molecular flexibility index (Phi) is 3.77. The fraction of sp³-hybridized carbons (Fsp3) is 0.455. The smallest absolute Gasteiger partial charge is 0.196 e. The number of hydrogen-bond acceptors (Lipinski definition) is 2. The van der Waals surface area contributed by atoms with Crippen molar-refractivity contribution in [1.82, 2.24) is 0 Å². The second-order valence-corrected chi connectivity index (χ2v) is 2.95. The van der Waals surface area contributed by atoms with Gasteiger partial charge in [-0.15, -0.1) is 0 Å². The molecular formula is C11H16O2. The van der Waals surface area contributed by atoms with E-state index in [2.05, 4.69) is 6.92 Å². The molecule has 1 unspecified atom stereocenters. The minimum absolute atomic E-state index is 0.173. The summed E-state index contributed by atoms with van der Waals surface area (Å²) in [5, 5.41) is 0. The van der Waals surface area contributed by atoms with Crippen molar-refractivity contribution >= 4 is 0 Å². The van der Waals surface area contributed by atoms with Crippen molar-refractivity contribution in [1.29, 1.82) is 0 Å². The average molecular weight is 180 g/mol. The Hall–Kier alpha value is -1.02. The number of ether oxygens (including phenoxy) is 2. The van der Waals surface area contributed by atoms with Crippen LogP contribution >= 0.6 is 0 Å². The molecular weight excluding hydrogens is 164 g/mol. The SMILES string of the molecule is CCOC(C)Oc1ccc(C)cc1. The fourth-order valence-electron chi connectivity index (χ4n) is 1.08. The van der Waals surface area contributed by atoms with Gasteiger partial charge in [-0.3, -0.25) is 0 Å². The van der Waals surface area contributed by atoms with Gasteiger partial charge in [0.15, 0.2) is 6.29 Å². The first-order valence-corrected chi connectivity index (χ1v) is 4.57. The molecule has 0 amide bonds. The Balaban J connectivity index is 2.49. The van der Waals surface area contributed by atoms with Gasteiger partial charge in [0, 0.05) is 6.61 Å². The lowest BCUT2D eigenvalue weighted by Gasteiger charge is -2.14. The second-order valence-electron chi connectivity index (χ2n) is 2.95. The Bertz CT molecular complexity index is 241. The van der Waals surface area contributed by atoms with Crippen molar-refractivity contribution in [3.63, 3.8) is 0 Å². The van der Waals surface area contributed by atoms with Crippen LogP contribution in [0.4, 0.5) is 0 Å². The fourth-order valence-corrected chi connectivity index (χ4v) is 1.08. The number of hydrogen-bond donors (Lipinski definition) is 0. The summed E-state index contributed by atoms with van der Waals surface area (Å²) in [7, 11) is 0. The molecule has 0 fully saturated rings. The van der Waals surface area contributed by atoms with Crippen LogP contribution in [0.3, 0.4) is 0 Å². The zero-order valence-electron chi connectivity index (χ0n) is 8.41. The summed E-state index contributed by atoms with van der Waals surface area (Å²) in [4.78, 5) is 0. The molecule has 0 saturated carbocycles. The molecule has 0 spiro atoms. The van der Waals surface area contributed by atoms with Crippen molar-refractivity contribution < 1.29 is 9.47 Å². The van der Waals surface area contributed by atoms with E-state index < -0.39 is 0 Å². The molecule has 0 saturated heterocycles. The van der Waals surface area contributed by atoms with Gasteiger partial charge < -0.3 is 9.47 Å². The van der Waals surface area contributed by atoms with Crippen LogP contribution in [0.15, 0.2) is 24.3 Å². The quantitative estimate of drug-likeness (QED) is 0.663. The van der Waals surface area contributed by atoms with Crippen LogP contribution < -0.4 is 4.74 Å². The molecule has 0 N–H and O–H groups in total. The summed E-state index contributed by atoms with van der Waals surface area (Å²) in [6.07, 6.45) is -0.173. The molecule has 0 aromatic heterocycles. The summed E-state index contributed by atoms with van der Waals surface area (Å²) in [6.45, 7) is 6.57. The summed E-state index contributed by atoms with van der Waals surface area (Å²) in [5.41, 5.74) is 1.23. The lowest BCUT2D eigenvalue weighted by Crippen LogP contribution is -2.15. The lowest BCUT2D eigenvalue weighted by molar-refractivity contribution is -0.0613. The predicted octanol–water partition coefficient (Wildman–Crippen LogP) is 2.76. The van der Waals surface area contributed by atoms with Crippen LogP contribution in [0.2, 0.25) is 0 Å². The maximum absolute atomic E-state index is 5.49. The summed E-state index contributed by atoms with van der Waals surface area (Å²) in [5.74, 6) is 0.853. The number of aryl methyl sites for hydroxylation is 1. The molecule has 2 heteroatoms. The van der Waals surface area contributed by atoms with E-state index in [1.54, 1.807) is 0 Å². The van der Waals surface area contributed by atoms with Gasteiger partial charge in [0.1, 0.15) is 5.75 Å². The molecule has 13 heavy (non-hydrogen) atoms. The first-order chi connectivity index (χ1) is 6.22. The predicted molar refractivity (Wildman–Crippen MR) is 52.9 cm³/mol. The molecule has 1 rings (SSSR count). The van der Waals surface area contributed by atoms with Gasteiger partial charge >= 0.3 is 0 Å². The molecule has 0 bridgehead atoms. The van der Waals surface area contributed by atoms with Crippen molar-refractivity contribution in [2.75, 3.05) is 6.61 Å². The van der Waals surface area contributed by atoms with Crippen LogP contribution in [0.1, 0.15) is 19.4 Å². The third-order valence-electron chi connectivity index (χ3n) is 1.72. The Morgan fingerprint density at radius 3 is 2.38 bits per heavy atom. The maximum atomic E-state index is 5.49. The molecule has 1 atom stereocenters. The maximum Gasteiger partial charge on any atom is 0.196 e. The normalized spacial score (nSPS) is 12.5. The van der Waals surface area contributed by atoms with Crippen LogP contribution in [-0.4, -0.2) is 12.9 Å². The molecule has 2 nitrogen and oxygen atoms in total. The third kappa shape index (κ3) is 3.47. The van der Waals surface area contributed by atoms with Crippen molar-refractivity contribution in [2.45, 2.75) is 27.1 Å². The molecule has 1 aromatic rings. The average Bonchev–Trinajstić information content (AvgIpc) is 2.09. The van der Waals surface area contributed by atoms with E-state index in [0.29, 0.717) is 6.61 Å². The lowest BCUT2D eigenvalue weighted by atomic mass is 10.2. The van der Waals surface area contributed by atoms with E-state index >= 15 is 0 Å². The van der Waals surface area contributed by atoms with Crippen molar-refractivity contribution in [3.8, 4) is 5.75 Å². The monoisotopic (exact) mass is 180 g/mol. The molecule has 0 aliphatic carbocycles. The zero-order valence-corrected chi connectivity index (χ0v) is 8.41. The van der Waals surface area contributed by atoms with Crippen LogP contribution in [0.5, 0.6) is 5.75 Å². The van der Waals surface area contributed by atoms with Crippen molar-refractivity contribution in [3.05, 3.63) is 29.8 Å². The molecule has 1 aromatic carbocycles. The minimum atomic E-state index is -0.173. The highest BCUT2D eigenvalue weighted by Crippen LogP contribution is 2.13. The molecule has 0 radical (unpaired) electrons. The van der Waals surface area contributed by atoms with Crippen molar-refractivity contribution in [2.24, 2.45) is 0 Å². The van der Waals surface area contributed by atoms with Crippen LogP contribution in [0, 0.1) is 6.92 Å². The topological polar surface area (TPSA) is 18.5 Å². The summed E-state index contributed by atoms with van der Waals surface area (Å²) < 4.78 is 10.7. The summed E-state index contributed by atoms with van der Waals surface area (Å²) >= 11 is 0. The third-order valence-corrected chi connectivity index (χ3v) is 1.72.